The van der Waals surface area contributed by atoms with Gasteiger partial charge in [-0.25, -0.2) is 9.50 Å². The lowest BCUT2D eigenvalue weighted by molar-refractivity contribution is -0.121. The zero-order valence-corrected chi connectivity index (χ0v) is 17.9. The first-order valence-corrected chi connectivity index (χ1v) is 10.1. The van der Waals surface area contributed by atoms with Crippen molar-refractivity contribution in [2.45, 2.75) is 53.5 Å². The minimum atomic E-state index is -0.0401. The van der Waals surface area contributed by atoms with E-state index in [-0.39, 0.29) is 11.8 Å². The van der Waals surface area contributed by atoms with Crippen LogP contribution in [0.3, 0.4) is 0 Å². The van der Waals surface area contributed by atoms with Crippen molar-refractivity contribution in [1.82, 2.24) is 24.9 Å². The first kappa shape index (κ1) is 21.4. The summed E-state index contributed by atoms with van der Waals surface area (Å²) in [6.45, 7) is 8.31. The van der Waals surface area contributed by atoms with Gasteiger partial charge in [0.15, 0.2) is 0 Å². The smallest absolute Gasteiger partial charge is 0.252 e. The molecule has 0 unspecified atom stereocenters. The van der Waals surface area contributed by atoms with Crippen molar-refractivity contribution in [2.75, 3.05) is 5.32 Å². The van der Waals surface area contributed by atoms with Crippen LogP contribution in [0.4, 0.5) is 5.69 Å². The maximum Gasteiger partial charge on any atom is 0.252 e. The Morgan fingerprint density at radius 2 is 1.97 bits per heavy atom. The van der Waals surface area contributed by atoms with Crippen LogP contribution in [0.1, 0.15) is 49.2 Å². The van der Waals surface area contributed by atoms with Crippen molar-refractivity contribution in [3.05, 3.63) is 53.1 Å². The van der Waals surface area contributed by atoms with E-state index in [4.69, 9.17) is 0 Å². The van der Waals surface area contributed by atoms with E-state index in [1.807, 2.05) is 52.0 Å². The minimum absolute atomic E-state index is 0.00474. The molecule has 0 aliphatic heterocycles. The first-order valence-electron chi connectivity index (χ1n) is 10.1. The van der Waals surface area contributed by atoms with Gasteiger partial charge in [-0.3, -0.25) is 9.59 Å². The Morgan fingerprint density at radius 3 is 2.73 bits per heavy atom. The number of aryl methyl sites for hydroxylation is 2. The van der Waals surface area contributed by atoms with Gasteiger partial charge in [0.05, 0.1) is 0 Å². The zero-order valence-electron chi connectivity index (χ0n) is 17.9. The van der Waals surface area contributed by atoms with Crippen LogP contribution in [-0.4, -0.2) is 31.4 Å². The Morgan fingerprint density at radius 1 is 1.17 bits per heavy atom. The van der Waals surface area contributed by atoms with Crippen molar-refractivity contribution in [3.8, 4) is 0 Å². The number of nitrogens with one attached hydrogen (secondary N) is 2. The third kappa shape index (κ3) is 5.40. The molecule has 0 aliphatic rings. The molecule has 0 radical (unpaired) electrons. The summed E-state index contributed by atoms with van der Waals surface area (Å²) in [6, 6.07) is 7.53. The lowest BCUT2D eigenvalue weighted by atomic mass is 10.1. The highest BCUT2D eigenvalue weighted by atomic mass is 16.2. The number of carbonyl (C=O) groups is 2. The molecule has 0 saturated heterocycles. The number of carbonyl (C=O) groups excluding carboxylic acids is 2. The Hall–Kier alpha value is -3.29. The van der Waals surface area contributed by atoms with E-state index in [2.05, 4.69) is 25.7 Å². The van der Waals surface area contributed by atoms with Crippen LogP contribution in [0.15, 0.2) is 30.6 Å². The summed E-state index contributed by atoms with van der Waals surface area (Å²) in [7, 11) is 0. The first-order chi connectivity index (χ1) is 14.3. The van der Waals surface area contributed by atoms with E-state index in [9.17, 15) is 9.59 Å². The zero-order chi connectivity index (χ0) is 21.7. The summed E-state index contributed by atoms with van der Waals surface area (Å²) < 4.78 is 1.69. The molecule has 8 nitrogen and oxygen atoms in total. The van der Waals surface area contributed by atoms with Gasteiger partial charge in [-0.05, 0) is 49.4 Å². The normalized spacial score (nSPS) is 11.1. The Balaban J connectivity index is 1.54. The average molecular weight is 409 g/mol. The molecule has 1 aromatic carbocycles. The summed E-state index contributed by atoms with van der Waals surface area (Å²) >= 11 is 0. The molecule has 0 aliphatic carbocycles. The van der Waals surface area contributed by atoms with Crippen LogP contribution in [0.5, 0.6) is 0 Å². The molecular weight excluding hydrogens is 380 g/mol. The molecule has 3 aromatic rings. The Kier molecular flexibility index (Phi) is 6.76. The van der Waals surface area contributed by atoms with Crippen LogP contribution in [0, 0.1) is 19.8 Å². The van der Waals surface area contributed by atoms with Crippen molar-refractivity contribution in [3.63, 3.8) is 0 Å². The van der Waals surface area contributed by atoms with E-state index in [0.717, 1.165) is 28.2 Å². The third-order valence-corrected chi connectivity index (χ3v) is 4.88. The number of amides is 2. The van der Waals surface area contributed by atoms with Crippen LogP contribution in [0.2, 0.25) is 0 Å². The molecule has 0 bridgehead atoms. The number of rotatable bonds is 8. The van der Waals surface area contributed by atoms with Crippen molar-refractivity contribution in [2.24, 2.45) is 5.92 Å². The fraction of sp³-hybridized carbons (Fsp3) is 0.409. The van der Waals surface area contributed by atoms with Crippen molar-refractivity contribution in [1.29, 1.82) is 0 Å². The molecule has 0 atom stereocenters. The SMILES string of the molecule is Cc1nc2ncnn2c(C)c1CCC(=O)NCc1cccc(NC(=O)CC(C)C)c1. The second-order valence-corrected chi connectivity index (χ2v) is 7.86. The predicted octanol–water partition coefficient (Wildman–Crippen LogP) is 2.97. The molecule has 0 spiro atoms. The fourth-order valence-electron chi connectivity index (χ4n) is 3.39. The molecule has 30 heavy (non-hydrogen) atoms. The highest BCUT2D eigenvalue weighted by Gasteiger charge is 2.12. The molecule has 3 rings (SSSR count). The van der Waals surface area contributed by atoms with Gasteiger partial charge in [0, 0.05) is 36.5 Å². The van der Waals surface area contributed by atoms with Gasteiger partial charge in [0.1, 0.15) is 6.33 Å². The number of aromatic nitrogens is 4. The summed E-state index contributed by atoms with van der Waals surface area (Å²) in [5.41, 5.74) is 4.51. The highest BCUT2D eigenvalue weighted by Crippen LogP contribution is 2.15. The monoisotopic (exact) mass is 408 g/mol. The van der Waals surface area contributed by atoms with Crippen molar-refractivity contribution < 1.29 is 9.59 Å². The lowest BCUT2D eigenvalue weighted by Crippen LogP contribution is -2.23. The van der Waals surface area contributed by atoms with Gasteiger partial charge in [0.2, 0.25) is 11.8 Å². The van der Waals surface area contributed by atoms with Crippen molar-refractivity contribution >= 4 is 23.3 Å². The molecule has 158 valence electrons. The quantitative estimate of drug-likeness (QED) is 0.597. The van der Waals surface area contributed by atoms with E-state index >= 15 is 0 Å². The predicted molar refractivity (Wildman–Crippen MR) is 115 cm³/mol. The molecule has 2 aromatic heterocycles. The van der Waals surface area contributed by atoms with Crippen LogP contribution in [0.25, 0.3) is 5.78 Å². The van der Waals surface area contributed by atoms with Gasteiger partial charge in [0.25, 0.3) is 5.78 Å². The summed E-state index contributed by atoms with van der Waals surface area (Å²) in [5.74, 6) is 0.829. The number of fused-ring (bicyclic) bond motifs is 1. The lowest BCUT2D eigenvalue weighted by Gasteiger charge is -2.11. The van der Waals surface area contributed by atoms with Gasteiger partial charge in [-0.1, -0.05) is 26.0 Å². The van der Waals surface area contributed by atoms with Gasteiger partial charge in [-0.15, -0.1) is 0 Å². The summed E-state index contributed by atoms with van der Waals surface area (Å²) in [6.07, 6.45) is 2.89. The molecule has 2 heterocycles. The second-order valence-electron chi connectivity index (χ2n) is 7.86. The summed E-state index contributed by atoms with van der Waals surface area (Å²) in [4.78, 5) is 32.9. The molecule has 0 saturated carbocycles. The molecule has 2 amide bonds. The minimum Gasteiger partial charge on any atom is -0.352 e. The molecule has 8 heteroatoms. The topological polar surface area (TPSA) is 101 Å². The summed E-state index contributed by atoms with van der Waals surface area (Å²) in [5, 5.41) is 10.0. The number of hydrogen-bond donors (Lipinski definition) is 2. The van der Waals surface area contributed by atoms with Crippen LogP contribution >= 0.6 is 0 Å². The van der Waals surface area contributed by atoms with E-state index in [1.165, 1.54) is 6.33 Å². The molecule has 0 fully saturated rings. The van der Waals surface area contributed by atoms with E-state index in [0.29, 0.717) is 37.5 Å². The van der Waals surface area contributed by atoms with Gasteiger partial charge in [-0.2, -0.15) is 10.1 Å². The van der Waals surface area contributed by atoms with E-state index < -0.39 is 0 Å². The Labute approximate surface area is 176 Å². The highest BCUT2D eigenvalue weighted by molar-refractivity contribution is 5.90. The fourth-order valence-corrected chi connectivity index (χ4v) is 3.39. The van der Waals surface area contributed by atoms with Crippen LogP contribution < -0.4 is 10.6 Å². The second kappa shape index (κ2) is 9.47. The number of hydrogen-bond acceptors (Lipinski definition) is 5. The Bertz CT molecular complexity index is 1060. The third-order valence-electron chi connectivity index (χ3n) is 4.88. The molecule has 2 N–H and O–H groups in total. The largest absolute Gasteiger partial charge is 0.352 e. The van der Waals surface area contributed by atoms with Crippen LogP contribution in [-0.2, 0) is 22.6 Å². The standard InChI is InChI=1S/C22H28N6O2/c1-14(2)10-21(30)27-18-7-5-6-17(11-18)12-23-20(29)9-8-19-15(3)26-22-24-13-25-28(22)16(19)4/h5-7,11,13-14H,8-10,12H2,1-4H3,(H,23,29)(H,27,30). The maximum atomic E-state index is 12.4. The maximum absolute atomic E-state index is 12.4. The molecular formula is C22H28N6O2. The van der Waals surface area contributed by atoms with Gasteiger partial charge >= 0.3 is 0 Å². The van der Waals surface area contributed by atoms with E-state index in [1.54, 1.807) is 4.52 Å². The number of benzene rings is 1. The van der Waals surface area contributed by atoms with Gasteiger partial charge < -0.3 is 10.6 Å². The average Bonchev–Trinajstić information content (AvgIpc) is 3.14. The number of nitrogens with zero attached hydrogens (tertiary/aromatic N) is 4. The number of anilines is 1.